The molecule has 0 unspecified atom stereocenters. The summed E-state index contributed by atoms with van der Waals surface area (Å²) in [6.45, 7) is 3.80. The molecule has 0 aliphatic carbocycles. The van der Waals surface area contributed by atoms with E-state index in [1.165, 1.54) is 17.0 Å². The first kappa shape index (κ1) is 17.7. The van der Waals surface area contributed by atoms with Crippen molar-refractivity contribution in [2.75, 3.05) is 32.5 Å². The van der Waals surface area contributed by atoms with Crippen LogP contribution < -0.4 is 5.32 Å². The SMILES string of the molecule is C[C@H]1CN(C)CC[C@H]1N(C)C(=O)C(=O)Nc1ccc(Cl)cc1F. The lowest BCUT2D eigenvalue weighted by molar-refractivity contribution is -0.145. The summed E-state index contributed by atoms with van der Waals surface area (Å²) in [7, 11) is 3.65. The van der Waals surface area contributed by atoms with Crippen molar-refractivity contribution in [2.24, 2.45) is 5.92 Å². The van der Waals surface area contributed by atoms with Crippen LogP contribution >= 0.6 is 11.6 Å². The molecule has 0 aromatic heterocycles. The van der Waals surface area contributed by atoms with Crippen LogP contribution in [-0.2, 0) is 9.59 Å². The van der Waals surface area contributed by atoms with Crippen LogP contribution in [0.5, 0.6) is 0 Å². The molecule has 0 saturated carbocycles. The molecule has 1 aliphatic heterocycles. The van der Waals surface area contributed by atoms with Crippen molar-refractivity contribution in [1.29, 1.82) is 0 Å². The lowest BCUT2D eigenvalue weighted by atomic mass is 9.93. The van der Waals surface area contributed by atoms with Gasteiger partial charge in [-0.1, -0.05) is 18.5 Å². The Morgan fingerprint density at radius 1 is 1.43 bits per heavy atom. The maximum absolute atomic E-state index is 13.7. The van der Waals surface area contributed by atoms with E-state index in [0.717, 1.165) is 25.6 Å². The van der Waals surface area contributed by atoms with Gasteiger partial charge in [0.2, 0.25) is 0 Å². The second-order valence-corrected chi connectivity index (χ2v) is 6.53. The first-order valence-electron chi connectivity index (χ1n) is 7.51. The minimum Gasteiger partial charge on any atom is -0.334 e. The Balaban J connectivity index is 2.02. The molecule has 7 heteroatoms. The molecule has 2 rings (SSSR count). The van der Waals surface area contributed by atoms with Gasteiger partial charge in [0, 0.05) is 24.7 Å². The third-order valence-corrected chi connectivity index (χ3v) is 4.49. The topological polar surface area (TPSA) is 52.7 Å². The Bertz CT molecular complexity index is 611. The van der Waals surface area contributed by atoms with Crippen LogP contribution in [-0.4, -0.2) is 54.8 Å². The molecule has 0 radical (unpaired) electrons. The highest BCUT2D eigenvalue weighted by Gasteiger charge is 2.32. The predicted molar refractivity (Wildman–Crippen MR) is 87.9 cm³/mol. The van der Waals surface area contributed by atoms with Gasteiger partial charge >= 0.3 is 11.8 Å². The fraction of sp³-hybridized carbons (Fsp3) is 0.500. The molecule has 2 amide bonds. The zero-order chi connectivity index (χ0) is 17.1. The number of anilines is 1. The molecule has 1 saturated heterocycles. The van der Waals surface area contributed by atoms with E-state index < -0.39 is 17.6 Å². The first-order chi connectivity index (χ1) is 10.8. The van der Waals surface area contributed by atoms with Crippen LogP contribution in [0.1, 0.15) is 13.3 Å². The molecule has 2 atom stereocenters. The van der Waals surface area contributed by atoms with Crippen molar-refractivity contribution >= 4 is 29.1 Å². The number of nitrogens with zero attached hydrogens (tertiary/aromatic N) is 2. The van der Waals surface area contributed by atoms with Gasteiger partial charge in [-0.3, -0.25) is 9.59 Å². The number of halogens is 2. The van der Waals surface area contributed by atoms with Crippen molar-refractivity contribution in [2.45, 2.75) is 19.4 Å². The monoisotopic (exact) mass is 341 g/mol. The molecule has 1 aromatic carbocycles. The zero-order valence-corrected chi connectivity index (χ0v) is 14.2. The van der Waals surface area contributed by atoms with Crippen molar-refractivity contribution in [3.8, 4) is 0 Å². The van der Waals surface area contributed by atoms with Crippen molar-refractivity contribution in [3.05, 3.63) is 29.0 Å². The van der Waals surface area contributed by atoms with E-state index in [2.05, 4.69) is 17.1 Å². The summed E-state index contributed by atoms with van der Waals surface area (Å²) in [6.07, 6.45) is 0.808. The second-order valence-electron chi connectivity index (χ2n) is 6.09. The van der Waals surface area contributed by atoms with Gasteiger partial charge in [-0.15, -0.1) is 0 Å². The Labute approximate surface area is 140 Å². The number of hydrogen-bond acceptors (Lipinski definition) is 3. The second kappa shape index (κ2) is 7.27. The normalized spacial score (nSPS) is 21.8. The van der Waals surface area contributed by atoms with Gasteiger partial charge in [-0.2, -0.15) is 0 Å². The van der Waals surface area contributed by atoms with Crippen LogP contribution in [0.25, 0.3) is 0 Å². The third kappa shape index (κ3) is 4.20. The van der Waals surface area contributed by atoms with Crippen LogP contribution in [0.15, 0.2) is 18.2 Å². The summed E-state index contributed by atoms with van der Waals surface area (Å²) in [5, 5.41) is 2.53. The summed E-state index contributed by atoms with van der Waals surface area (Å²) < 4.78 is 13.7. The highest BCUT2D eigenvalue weighted by molar-refractivity contribution is 6.39. The number of benzene rings is 1. The van der Waals surface area contributed by atoms with Crippen LogP contribution in [0.4, 0.5) is 10.1 Å². The largest absolute Gasteiger partial charge is 0.334 e. The standard InChI is InChI=1S/C16H21ClFN3O2/c1-10-9-20(2)7-6-14(10)21(3)16(23)15(22)19-13-5-4-11(17)8-12(13)18/h4-5,8,10,14H,6-7,9H2,1-3H3,(H,19,22)/t10-,14+/m0/s1. The van der Waals surface area contributed by atoms with E-state index in [4.69, 9.17) is 11.6 Å². The molecule has 1 aliphatic rings. The van der Waals surface area contributed by atoms with Crippen LogP contribution in [0.3, 0.4) is 0 Å². The lowest BCUT2D eigenvalue weighted by Gasteiger charge is -2.39. The minimum absolute atomic E-state index is 0.000449. The number of piperidine rings is 1. The summed E-state index contributed by atoms with van der Waals surface area (Å²) in [5.41, 5.74) is -0.0578. The smallest absolute Gasteiger partial charge is 0.313 e. The Kier molecular flexibility index (Phi) is 5.59. The van der Waals surface area contributed by atoms with Crippen LogP contribution in [0.2, 0.25) is 5.02 Å². The molecule has 1 fully saturated rings. The fourth-order valence-electron chi connectivity index (χ4n) is 2.99. The molecule has 23 heavy (non-hydrogen) atoms. The lowest BCUT2D eigenvalue weighted by Crippen LogP contribution is -2.52. The van der Waals surface area contributed by atoms with Gasteiger partial charge in [0.15, 0.2) is 0 Å². The first-order valence-corrected chi connectivity index (χ1v) is 7.89. The van der Waals surface area contributed by atoms with E-state index in [9.17, 15) is 14.0 Å². The van der Waals surface area contributed by atoms with E-state index in [1.807, 2.05) is 7.05 Å². The van der Waals surface area contributed by atoms with Crippen molar-refractivity contribution in [1.82, 2.24) is 9.80 Å². The maximum atomic E-state index is 13.7. The van der Waals surface area contributed by atoms with Crippen molar-refractivity contribution in [3.63, 3.8) is 0 Å². The molecule has 5 nitrogen and oxygen atoms in total. The van der Waals surface area contributed by atoms with Gasteiger partial charge in [0.05, 0.1) is 5.69 Å². The number of amides is 2. The zero-order valence-electron chi connectivity index (χ0n) is 13.5. The fourth-order valence-corrected chi connectivity index (χ4v) is 3.15. The Morgan fingerprint density at radius 2 is 2.13 bits per heavy atom. The predicted octanol–water partition coefficient (Wildman–Crippen LogP) is 2.22. The number of rotatable bonds is 2. The Hall–Kier alpha value is -1.66. The van der Waals surface area contributed by atoms with Crippen molar-refractivity contribution < 1.29 is 14.0 Å². The summed E-state index contributed by atoms with van der Waals surface area (Å²) in [5.74, 6) is -1.92. The average molecular weight is 342 g/mol. The van der Waals surface area contributed by atoms with Gasteiger partial charge in [0.1, 0.15) is 5.82 Å². The number of carbonyl (C=O) groups is 2. The Morgan fingerprint density at radius 3 is 2.74 bits per heavy atom. The molecule has 0 bridgehead atoms. The molecule has 1 aromatic rings. The maximum Gasteiger partial charge on any atom is 0.313 e. The van der Waals surface area contributed by atoms with E-state index in [1.54, 1.807) is 7.05 Å². The summed E-state index contributed by atoms with van der Waals surface area (Å²) in [6, 6.07) is 3.87. The third-order valence-electron chi connectivity index (χ3n) is 4.25. The molecular weight excluding hydrogens is 321 g/mol. The van der Waals surface area contributed by atoms with E-state index in [-0.39, 0.29) is 22.7 Å². The van der Waals surface area contributed by atoms with Gasteiger partial charge in [-0.25, -0.2) is 4.39 Å². The average Bonchev–Trinajstić information content (AvgIpc) is 2.48. The van der Waals surface area contributed by atoms with Gasteiger partial charge in [-0.05, 0) is 44.1 Å². The van der Waals surface area contributed by atoms with Crippen LogP contribution in [0, 0.1) is 11.7 Å². The summed E-state index contributed by atoms with van der Waals surface area (Å²) in [4.78, 5) is 28.1. The number of likely N-dealkylation sites (tertiary alicyclic amines) is 1. The van der Waals surface area contributed by atoms with E-state index in [0.29, 0.717) is 0 Å². The quantitative estimate of drug-likeness (QED) is 0.839. The van der Waals surface area contributed by atoms with Gasteiger partial charge in [0.25, 0.3) is 0 Å². The molecule has 1 heterocycles. The molecular formula is C16H21ClFN3O2. The van der Waals surface area contributed by atoms with Gasteiger partial charge < -0.3 is 15.1 Å². The number of hydrogen-bond donors (Lipinski definition) is 1. The highest BCUT2D eigenvalue weighted by atomic mass is 35.5. The molecule has 126 valence electrons. The number of carbonyl (C=O) groups excluding carboxylic acids is 2. The highest BCUT2D eigenvalue weighted by Crippen LogP contribution is 2.22. The minimum atomic E-state index is -0.847. The number of nitrogens with one attached hydrogen (secondary N) is 1. The molecule has 0 spiro atoms. The van der Waals surface area contributed by atoms with E-state index >= 15 is 0 Å². The number of likely N-dealkylation sites (N-methyl/N-ethyl adjacent to an activating group) is 1. The summed E-state index contributed by atoms with van der Waals surface area (Å²) >= 11 is 5.66. The molecule has 1 N–H and O–H groups in total.